The van der Waals surface area contributed by atoms with Crippen molar-refractivity contribution in [2.75, 3.05) is 6.54 Å². The van der Waals surface area contributed by atoms with Crippen LogP contribution in [0.3, 0.4) is 0 Å². The third-order valence-electron chi connectivity index (χ3n) is 3.80. The Morgan fingerprint density at radius 1 is 1.19 bits per heavy atom. The Balaban J connectivity index is 1.97. The third-order valence-corrected chi connectivity index (χ3v) is 3.80. The van der Waals surface area contributed by atoms with Crippen molar-refractivity contribution < 1.29 is 5.11 Å². The first-order valence-electron chi connectivity index (χ1n) is 6.27. The van der Waals surface area contributed by atoms with Crippen molar-refractivity contribution >= 4 is 0 Å². The lowest BCUT2D eigenvalue weighted by Crippen LogP contribution is -2.23. The largest absolute Gasteiger partial charge is 0.508 e. The van der Waals surface area contributed by atoms with Crippen LogP contribution in [0.15, 0.2) is 24.3 Å². The molecule has 88 valence electrons. The Hall–Kier alpha value is -1.02. The van der Waals surface area contributed by atoms with Gasteiger partial charge in [0.2, 0.25) is 0 Å². The molecule has 0 aromatic heterocycles. The fraction of sp³-hybridized carbons (Fsp3) is 0.571. The Bertz CT molecular complexity index is 314. The van der Waals surface area contributed by atoms with Gasteiger partial charge in [-0.1, -0.05) is 37.8 Å². The number of hydrogen-bond acceptors (Lipinski definition) is 2. The summed E-state index contributed by atoms with van der Waals surface area (Å²) in [5, 5.41) is 9.23. The Kier molecular flexibility index (Phi) is 3.83. The van der Waals surface area contributed by atoms with Crippen molar-refractivity contribution in [2.45, 2.75) is 32.1 Å². The van der Waals surface area contributed by atoms with Gasteiger partial charge in [0, 0.05) is 0 Å². The molecule has 0 heterocycles. The van der Waals surface area contributed by atoms with Crippen LogP contribution in [0.1, 0.15) is 31.2 Å². The number of phenols is 1. The summed E-state index contributed by atoms with van der Waals surface area (Å²) < 4.78 is 0. The summed E-state index contributed by atoms with van der Waals surface area (Å²) in [5.41, 5.74) is 7.17. The molecule has 1 saturated carbocycles. The monoisotopic (exact) mass is 219 g/mol. The molecular weight excluding hydrogens is 198 g/mol. The summed E-state index contributed by atoms with van der Waals surface area (Å²) in [6.45, 7) is 0.783. The van der Waals surface area contributed by atoms with E-state index in [0.29, 0.717) is 11.7 Å². The predicted molar refractivity (Wildman–Crippen MR) is 66.3 cm³/mol. The Morgan fingerprint density at radius 3 is 2.38 bits per heavy atom. The summed E-state index contributed by atoms with van der Waals surface area (Å²) in [4.78, 5) is 0. The topological polar surface area (TPSA) is 46.2 Å². The summed E-state index contributed by atoms with van der Waals surface area (Å²) in [7, 11) is 0. The van der Waals surface area contributed by atoms with Crippen LogP contribution in [-0.2, 0) is 6.42 Å². The maximum Gasteiger partial charge on any atom is 0.115 e. The van der Waals surface area contributed by atoms with Crippen molar-refractivity contribution in [3.05, 3.63) is 29.8 Å². The highest BCUT2D eigenvalue weighted by Crippen LogP contribution is 2.32. The zero-order valence-corrected chi connectivity index (χ0v) is 9.73. The van der Waals surface area contributed by atoms with Gasteiger partial charge in [-0.05, 0) is 42.5 Å². The van der Waals surface area contributed by atoms with E-state index in [9.17, 15) is 5.11 Å². The second-order valence-corrected chi connectivity index (χ2v) is 4.91. The summed E-state index contributed by atoms with van der Waals surface area (Å²) >= 11 is 0. The molecule has 1 aliphatic rings. The second kappa shape index (κ2) is 5.35. The van der Waals surface area contributed by atoms with Crippen molar-refractivity contribution in [1.82, 2.24) is 0 Å². The standard InChI is InChI=1S/C14H21NO/c15-10-13(12-3-1-2-4-12)9-11-5-7-14(16)8-6-11/h5-8,12-13,16H,1-4,9-10,15H2. The third kappa shape index (κ3) is 2.76. The molecule has 0 bridgehead atoms. The normalized spacial score (nSPS) is 18.8. The second-order valence-electron chi connectivity index (χ2n) is 4.91. The van der Waals surface area contributed by atoms with Crippen LogP contribution >= 0.6 is 0 Å². The van der Waals surface area contributed by atoms with Gasteiger partial charge in [-0.15, -0.1) is 0 Å². The quantitative estimate of drug-likeness (QED) is 0.818. The molecule has 0 amide bonds. The lowest BCUT2D eigenvalue weighted by Gasteiger charge is -2.21. The van der Waals surface area contributed by atoms with E-state index < -0.39 is 0 Å². The SMILES string of the molecule is NCC(Cc1ccc(O)cc1)C1CCCC1. The molecular formula is C14H21NO. The maximum atomic E-state index is 9.23. The van der Waals surface area contributed by atoms with Gasteiger partial charge in [0.05, 0.1) is 0 Å². The molecule has 2 heteroatoms. The predicted octanol–water partition coefficient (Wildman–Crippen LogP) is 2.70. The Morgan fingerprint density at radius 2 is 1.81 bits per heavy atom. The first kappa shape index (κ1) is 11.5. The highest BCUT2D eigenvalue weighted by molar-refractivity contribution is 5.26. The van der Waals surface area contributed by atoms with E-state index in [1.165, 1.54) is 31.2 Å². The summed E-state index contributed by atoms with van der Waals surface area (Å²) in [5.74, 6) is 1.78. The van der Waals surface area contributed by atoms with Crippen molar-refractivity contribution in [2.24, 2.45) is 17.6 Å². The number of phenolic OH excluding ortho intramolecular Hbond substituents is 1. The van der Waals surface area contributed by atoms with E-state index in [-0.39, 0.29) is 0 Å². The van der Waals surface area contributed by atoms with Crippen LogP contribution in [0.25, 0.3) is 0 Å². The van der Waals surface area contributed by atoms with E-state index in [0.717, 1.165) is 18.9 Å². The van der Waals surface area contributed by atoms with E-state index >= 15 is 0 Å². The zero-order valence-electron chi connectivity index (χ0n) is 9.73. The minimum Gasteiger partial charge on any atom is -0.508 e. The molecule has 1 aromatic rings. The molecule has 1 fully saturated rings. The summed E-state index contributed by atoms with van der Waals surface area (Å²) in [6.07, 6.45) is 6.49. The number of aromatic hydroxyl groups is 1. The van der Waals surface area contributed by atoms with Crippen molar-refractivity contribution in [3.63, 3.8) is 0 Å². The van der Waals surface area contributed by atoms with Crippen LogP contribution in [0.2, 0.25) is 0 Å². The average molecular weight is 219 g/mol. The zero-order chi connectivity index (χ0) is 11.4. The molecule has 0 spiro atoms. The molecule has 1 unspecified atom stereocenters. The van der Waals surface area contributed by atoms with Crippen LogP contribution in [0.5, 0.6) is 5.75 Å². The van der Waals surface area contributed by atoms with Gasteiger partial charge in [0.1, 0.15) is 5.75 Å². The summed E-state index contributed by atoms with van der Waals surface area (Å²) in [6, 6.07) is 7.54. The smallest absolute Gasteiger partial charge is 0.115 e. The molecule has 1 atom stereocenters. The molecule has 0 aliphatic heterocycles. The van der Waals surface area contributed by atoms with Gasteiger partial charge >= 0.3 is 0 Å². The lowest BCUT2D eigenvalue weighted by atomic mass is 9.86. The van der Waals surface area contributed by atoms with Crippen LogP contribution < -0.4 is 5.73 Å². The van der Waals surface area contributed by atoms with Crippen molar-refractivity contribution in [3.8, 4) is 5.75 Å². The van der Waals surface area contributed by atoms with Crippen molar-refractivity contribution in [1.29, 1.82) is 0 Å². The molecule has 3 N–H and O–H groups in total. The van der Waals surface area contributed by atoms with Gasteiger partial charge in [-0.25, -0.2) is 0 Å². The fourth-order valence-corrected chi connectivity index (χ4v) is 2.81. The lowest BCUT2D eigenvalue weighted by molar-refractivity contribution is 0.344. The minimum absolute atomic E-state index is 0.342. The molecule has 2 nitrogen and oxygen atoms in total. The average Bonchev–Trinajstić information content (AvgIpc) is 2.82. The highest BCUT2D eigenvalue weighted by atomic mass is 16.3. The van der Waals surface area contributed by atoms with Crippen LogP contribution in [0, 0.1) is 11.8 Å². The van der Waals surface area contributed by atoms with E-state index in [4.69, 9.17) is 5.73 Å². The number of benzene rings is 1. The van der Waals surface area contributed by atoms with Gasteiger partial charge < -0.3 is 10.8 Å². The molecule has 0 saturated heterocycles. The van der Waals surface area contributed by atoms with E-state index in [2.05, 4.69) is 0 Å². The van der Waals surface area contributed by atoms with Crippen LogP contribution in [0.4, 0.5) is 0 Å². The van der Waals surface area contributed by atoms with Crippen LogP contribution in [-0.4, -0.2) is 11.7 Å². The Labute approximate surface area is 97.5 Å². The number of hydrogen-bond donors (Lipinski definition) is 2. The number of rotatable bonds is 4. The molecule has 2 rings (SSSR count). The minimum atomic E-state index is 0.342. The molecule has 0 radical (unpaired) electrons. The van der Waals surface area contributed by atoms with Gasteiger partial charge in [0.25, 0.3) is 0 Å². The molecule has 16 heavy (non-hydrogen) atoms. The fourth-order valence-electron chi connectivity index (χ4n) is 2.81. The number of nitrogens with two attached hydrogens (primary N) is 1. The maximum absolute atomic E-state index is 9.23. The van der Waals surface area contributed by atoms with Gasteiger partial charge in [0.15, 0.2) is 0 Å². The van der Waals surface area contributed by atoms with E-state index in [1.54, 1.807) is 12.1 Å². The van der Waals surface area contributed by atoms with Gasteiger partial charge in [-0.2, -0.15) is 0 Å². The highest BCUT2D eigenvalue weighted by Gasteiger charge is 2.23. The molecule has 1 aromatic carbocycles. The van der Waals surface area contributed by atoms with Gasteiger partial charge in [-0.3, -0.25) is 0 Å². The first-order valence-corrected chi connectivity index (χ1v) is 6.27. The molecule has 1 aliphatic carbocycles. The van der Waals surface area contributed by atoms with E-state index in [1.807, 2.05) is 12.1 Å². The first-order chi connectivity index (χ1) is 7.79.